The summed E-state index contributed by atoms with van der Waals surface area (Å²) in [6.07, 6.45) is 0. The molecule has 1 heterocycles. The molecule has 0 atom stereocenters. The third kappa shape index (κ3) is 4.94. The first kappa shape index (κ1) is 24.5. The summed E-state index contributed by atoms with van der Waals surface area (Å²) < 4.78 is 0. The first-order valence-electron chi connectivity index (χ1n) is 11.0. The maximum Gasteiger partial charge on any atom is 0.283 e. The Labute approximate surface area is 213 Å². The van der Waals surface area contributed by atoms with Gasteiger partial charge in [0.05, 0.1) is 5.69 Å². The smallest absolute Gasteiger partial charge is 0.283 e. The first-order chi connectivity index (χ1) is 16.7. The summed E-state index contributed by atoms with van der Waals surface area (Å²) in [6, 6.07) is 19.2. The molecule has 0 saturated heterocycles. The van der Waals surface area contributed by atoms with E-state index >= 15 is 0 Å². The van der Waals surface area contributed by atoms with E-state index in [0.29, 0.717) is 39.1 Å². The van der Waals surface area contributed by atoms with Crippen molar-refractivity contribution in [2.45, 2.75) is 26.7 Å². The lowest BCUT2D eigenvalue weighted by atomic mass is 10.0. The Morgan fingerprint density at radius 2 is 1.49 bits per heavy atom. The molecule has 0 aliphatic carbocycles. The fraction of sp³-hybridized carbons (Fsp3) is 0.148. The number of amides is 3. The molecule has 0 unspecified atom stereocenters. The standard InChI is InChI=1S/C27H23Cl2N3O3/c1-15(2)17-7-11-20(12-8-17)31-25(33)18-9-13-19(14-10-18)30-24-23(29)26(34)32(27(24)35)22-6-4-5-21(28)16(22)3/h4-15,30H,1-3H3,(H,31,33). The number of imide groups is 1. The molecule has 3 aromatic carbocycles. The number of anilines is 3. The van der Waals surface area contributed by atoms with Crippen molar-refractivity contribution < 1.29 is 14.4 Å². The van der Waals surface area contributed by atoms with Crippen molar-refractivity contribution in [2.75, 3.05) is 15.5 Å². The average Bonchev–Trinajstić information content (AvgIpc) is 3.05. The fourth-order valence-corrected chi connectivity index (χ4v) is 4.05. The molecule has 3 amide bonds. The third-order valence-corrected chi connectivity index (χ3v) is 6.52. The Morgan fingerprint density at radius 3 is 2.11 bits per heavy atom. The van der Waals surface area contributed by atoms with Crippen LogP contribution in [0.25, 0.3) is 0 Å². The summed E-state index contributed by atoms with van der Waals surface area (Å²) in [5.74, 6) is -1.08. The van der Waals surface area contributed by atoms with Crippen molar-refractivity contribution in [3.05, 3.63) is 99.2 Å². The molecule has 178 valence electrons. The zero-order valence-electron chi connectivity index (χ0n) is 19.4. The van der Waals surface area contributed by atoms with E-state index in [1.165, 1.54) is 5.56 Å². The van der Waals surface area contributed by atoms with E-state index in [0.717, 1.165) is 4.90 Å². The van der Waals surface area contributed by atoms with E-state index in [1.807, 2.05) is 24.3 Å². The second-order valence-corrected chi connectivity index (χ2v) is 9.24. The topological polar surface area (TPSA) is 78.5 Å². The second-order valence-electron chi connectivity index (χ2n) is 8.45. The summed E-state index contributed by atoms with van der Waals surface area (Å²) in [5, 5.41) is 5.99. The van der Waals surface area contributed by atoms with Gasteiger partial charge in [0.1, 0.15) is 10.7 Å². The Hall–Kier alpha value is -3.61. The van der Waals surface area contributed by atoms with Gasteiger partial charge >= 0.3 is 0 Å². The van der Waals surface area contributed by atoms with Crippen LogP contribution in [0.3, 0.4) is 0 Å². The number of rotatable bonds is 6. The molecule has 35 heavy (non-hydrogen) atoms. The highest BCUT2D eigenvalue weighted by molar-refractivity contribution is 6.53. The molecule has 4 rings (SSSR count). The molecule has 0 spiro atoms. The molecule has 0 aromatic heterocycles. The molecule has 6 nitrogen and oxygen atoms in total. The summed E-state index contributed by atoms with van der Waals surface area (Å²) >= 11 is 12.4. The van der Waals surface area contributed by atoms with Crippen LogP contribution in [-0.2, 0) is 9.59 Å². The number of nitrogens with one attached hydrogen (secondary N) is 2. The van der Waals surface area contributed by atoms with E-state index in [2.05, 4.69) is 24.5 Å². The maximum absolute atomic E-state index is 13.0. The van der Waals surface area contributed by atoms with Gasteiger partial charge in [-0.05, 0) is 72.5 Å². The van der Waals surface area contributed by atoms with Gasteiger partial charge in [0.25, 0.3) is 17.7 Å². The van der Waals surface area contributed by atoms with E-state index in [4.69, 9.17) is 23.2 Å². The summed E-state index contributed by atoms with van der Waals surface area (Å²) in [7, 11) is 0. The molecule has 0 radical (unpaired) electrons. The SMILES string of the molecule is Cc1c(Cl)cccc1N1C(=O)C(Cl)=C(Nc2ccc(C(=O)Nc3ccc(C(C)C)cc3)cc2)C1=O. The highest BCUT2D eigenvalue weighted by Gasteiger charge is 2.39. The van der Waals surface area contributed by atoms with Gasteiger partial charge < -0.3 is 10.6 Å². The maximum atomic E-state index is 13.0. The molecular formula is C27H23Cl2N3O3. The average molecular weight is 508 g/mol. The Morgan fingerprint density at radius 1 is 0.857 bits per heavy atom. The Balaban J connectivity index is 1.47. The van der Waals surface area contributed by atoms with Crippen LogP contribution >= 0.6 is 23.2 Å². The van der Waals surface area contributed by atoms with Crippen LogP contribution in [0, 0.1) is 6.92 Å². The number of carbonyl (C=O) groups is 3. The van der Waals surface area contributed by atoms with Gasteiger partial charge in [-0.2, -0.15) is 0 Å². The minimum atomic E-state index is -0.635. The molecule has 1 aliphatic heterocycles. The number of hydrogen-bond acceptors (Lipinski definition) is 4. The second kappa shape index (κ2) is 9.94. The summed E-state index contributed by atoms with van der Waals surface area (Å²) in [6.45, 7) is 5.94. The molecule has 0 saturated carbocycles. The highest BCUT2D eigenvalue weighted by atomic mass is 35.5. The molecule has 8 heteroatoms. The molecule has 0 fully saturated rings. The minimum absolute atomic E-state index is 0.0431. The third-order valence-electron chi connectivity index (χ3n) is 5.76. The van der Waals surface area contributed by atoms with Crippen molar-refractivity contribution in [1.82, 2.24) is 0 Å². The Bertz CT molecular complexity index is 1350. The number of hydrogen-bond donors (Lipinski definition) is 2. The predicted molar refractivity (Wildman–Crippen MR) is 140 cm³/mol. The molecule has 3 aromatic rings. The van der Waals surface area contributed by atoms with E-state index in [-0.39, 0.29) is 16.6 Å². The van der Waals surface area contributed by atoms with Crippen molar-refractivity contribution in [2.24, 2.45) is 0 Å². The van der Waals surface area contributed by atoms with Gasteiger partial charge in [0, 0.05) is 22.0 Å². The minimum Gasteiger partial charge on any atom is -0.350 e. The van der Waals surface area contributed by atoms with Crippen LogP contribution in [-0.4, -0.2) is 17.7 Å². The molecular weight excluding hydrogens is 485 g/mol. The van der Waals surface area contributed by atoms with Gasteiger partial charge in [-0.1, -0.05) is 55.2 Å². The number of halogens is 2. The summed E-state index contributed by atoms with van der Waals surface area (Å²) in [4.78, 5) is 39.4. The monoisotopic (exact) mass is 507 g/mol. The largest absolute Gasteiger partial charge is 0.350 e. The van der Waals surface area contributed by atoms with Crippen molar-refractivity contribution in [3.63, 3.8) is 0 Å². The van der Waals surface area contributed by atoms with Crippen LogP contribution in [0.4, 0.5) is 17.1 Å². The number of benzene rings is 3. The van der Waals surface area contributed by atoms with E-state index in [9.17, 15) is 14.4 Å². The zero-order valence-corrected chi connectivity index (χ0v) is 20.9. The molecule has 1 aliphatic rings. The van der Waals surface area contributed by atoms with Crippen molar-refractivity contribution >= 4 is 58.0 Å². The predicted octanol–water partition coefficient (Wildman–Crippen LogP) is 6.46. The first-order valence-corrected chi connectivity index (χ1v) is 11.7. The van der Waals surface area contributed by atoms with Crippen LogP contribution in [0.2, 0.25) is 5.02 Å². The highest BCUT2D eigenvalue weighted by Crippen LogP contribution is 2.34. The van der Waals surface area contributed by atoms with Crippen LogP contribution in [0.1, 0.15) is 41.3 Å². The zero-order chi connectivity index (χ0) is 25.3. The lowest BCUT2D eigenvalue weighted by molar-refractivity contribution is -0.120. The Kier molecular flexibility index (Phi) is 6.96. The normalized spacial score (nSPS) is 13.6. The van der Waals surface area contributed by atoms with Crippen molar-refractivity contribution in [3.8, 4) is 0 Å². The van der Waals surface area contributed by atoms with E-state index in [1.54, 1.807) is 49.4 Å². The summed E-state index contributed by atoms with van der Waals surface area (Å²) in [5.41, 5.74) is 3.75. The van der Waals surface area contributed by atoms with Gasteiger partial charge in [-0.3, -0.25) is 14.4 Å². The lowest BCUT2D eigenvalue weighted by Crippen LogP contribution is -2.32. The van der Waals surface area contributed by atoms with Crippen LogP contribution in [0.5, 0.6) is 0 Å². The van der Waals surface area contributed by atoms with Gasteiger partial charge in [-0.15, -0.1) is 0 Å². The molecule has 2 N–H and O–H groups in total. The van der Waals surface area contributed by atoms with Crippen LogP contribution in [0.15, 0.2) is 77.5 Å². The number of nitrogens with zero attached hydrogens (tertiary/aromatic N) is 1. The van der Waals surface area contributed by atoms with Gasteiger partial charge in [0.2, 0.25) is 0 Å². The van der Waals surface area contributed by atoms with Crippen molar-refractivity contribution in [1.29, 1.82) is 0 Å². The van der Waals surface area contributed by atoms with E-state index < -0.39 is 11.8 Å². The van der Waals surface area contributed by atoms with Crippen LogP contribution < -0.4 is 15.5 Å². The van der Waals surface area contributed by atoms with Gasteiger partial charge in [0.15, 0.2) is 0 Å². The van der Waals surface area contributed by atoms with Gasteiger partial charge in [-0.25, -0.2) is 4.90 Å². The lowest BCUT2D eigenvalue weighted by Gasteiger charge is -2.18. The fourth-order valence-electron chi connectivity index (χ4n) is 3.67. The number of carbonyl (C=O) groups excluding carboxylic acids is 3. The quantitative estimate of drug-likeness (QED) is 0.375. The molecule has 0 bridgehead atoms.